The van der Waals surface area contributed by atoms with E-state index in [1.807, 2.05) is 6.07 Å². The van der Waals surface area contributed by atoms with Crippen molar-refractivity contribution in [2.75, 3.05) is 20.2 Å². The number of methoxy groups -OCH3 is 1. The van der Waals surface area contributed by atoms with Crippen LogP contribution in [0.5, 0.6) is 0 Å². The van der Waals surface area contributed by atoms with Gasteiger partial charge in [-0.1, -0.05) is 30.3 Å². The van der Waals surface area contributed by atoms with Gasteiger partial charge in [0.25, 0.3) is 0 Å². The molecule has 16 heavy (non-hydrogen) atoms. The summed E-state index contributed by atoms with van der Waals surface area (Å²) in [5, 5.41) is 9.70. The zero-order valence-corrected chi connectivity index (χ0v) is 9.67. The molecule has 1 N–H and O–H groups in total. The van der Waals surface area contributed by atoms with Crippen molar-refractivity contribution in [3.63, 3.8) is 0 Å². The number of piperidine rings is 1. The van der Waals surface area contributed by atoms with Crippen molar-refractivity contribution in [2.45, 2.75) is 25.2 Å². The van der Waals surface area contributed by atoms with Gasteiger partial charge in [-0.05, 0) is 12.0 Å². The van der Waals surface area contributed by atoms with Gasteiger partial charge in [0.05, 0.1) is 12.2 Å². The quantitative estimate of drug-likeness (QED) is 0.834. The van der Waals surface area contributed by atoms with Gasteiger partial charge in [0, 0.05) is 26.7 Å². The Labute approximate surface area is 96.6 Å². The van der Waals surface area contributed by atoms with E-state index in [1.165, 1.54) is 5.56 Å². The summed E-state index contributed by atoms with van der Waals surface area (Å²) in [7, 11) is 1.67. The summed E-state index contributed by atoms with van der Waals surface area (Å²) >= 11 is 0. The minimum Gasteiger partial charge on any atom is -0.390 e. The van der Waals surface area contributed by atoms with E-state index in [2.05, 4.69) is 29.2 Å². The van der Waals surface area contributed by atoms with Gasteiger partial charge >= 0.3 is 0 Å². The van der Waals surface area contributed by atoms with Crippen LogP contribution in [0.15, 0.2) is 30.3 Å². The highest BCUT2D eigenvalue weighted by atomic mass is 16.5. The second-order valence-corrected chi connectivity index (χ2v) is 4.35. The number of hydrogen-bond acceptors (Lipinski definition) is 3. The lowest BCUT2D eigenvalue weighted by atomic mass is 10.0. The lowest BCUT2D eigenvalue weighted by Gasteiger charge is -2.35. The molecule has 0 aromatic heterocycles. The summed E-state index contributed by atoms with van der Waals surface area (Å²) in [6.07, 6.45) is 0.445. The maximum atomic E-state index is 9.70. The van der Waals surface area contributed by atoms with Crippen molar-refractivity contribution >= 4 is 0 Å². The Bertz CT molecular complexity index is 315. The molecule has 1 saturated heterocycles. The molecule has 1 aromatic carbocycles. The smallest absolute Gasteiger partial charge is 0.0957 e. The Hall–Kier alpha value is -0.900. The Kier molecular flexibility index (Phi) is 3.93. The maximum Gasteiger partial charge on any atom is 0.0957 e. The Morgan fingerprint density at radius 2 is 2.12 bits per heavy atom. The second kappa shape index (κ2) is 5.43. The minimum atomic E-state index is -0.308. The lowest BCUT2D eigenvalue weighted by Crippen LogP contribution is -2.47. The predicted octanol–water partition coefficient (Wildman–Crippen LogP) is 1.27. The van der Waals surface area contributed by atoms with Gasteiger partial charge in [0.1, 0.15) is 0 Å². The normalized spacial score (nSPS) is 26.9. The largest absolute Gasteiger partial charge is 0.390 e. The van der Waals surface area contributed by atoms with Crippen LogP contribution in [0.3, 0.4) is 0 Å². The van der Waals surface area contributed by atoms with Gasteiger partial charge in [-0.25, -0.2) is 0 Å². The van der Waals surface area contributed by atoms with Crippen LogP contribution < -0.4 is 0 Å². The average molecular weight is 221 g/mol. The SMILES string of the molecule is CO[C@H]1CN(Cc2ccccc2)CC[C@@H]1O. The third-order valence-corrected chi connectivity index (χ3v) is 3.16. The molecule has 3 nitrogen and oxygen atoms in total. The summed E-state index contributed by atoms with van der Waals surface area (Å²) in [6.45, 7) is 2.69. The number of likely N-dealkylation sites (tertiary alicyclic amines) is 1. The number of aliphatic hydroxyl groups excluding tert-OH is 1. The molecule has 2 atom stereocenters. The summed E-state index contributed by atoms with van der Waals surface area (Å²) in [4.78, 5) is 2.33. The molecule has 3 heteroatoms. The van der Waals surface area contributed by atoms with Crippen molar-refractivity contribution in [2.24, 2.45) is 0 Å². The lowest BCUT2D eigenvalue weighted by molar-refractivity contribution is -0.0625. The van der Waals surface area contributed by atoms with Gasteiger partial charge in [0.2, 0.25) is 0 Å². The van der Waals surface area contributed by atoms with Crippen molar-refractivity contribution in [3.05, 3.63) is 35.9 Å². The predicted molar refractivity (Wildman–Crippen MR) is 63.1 cm³/mol. The van der Waals surface area contributed by atoms with E-state index in [4.69, 9.17) is 4.74 Å². The molecule has 0 aliphatic carbocycles. The first kappa shape index (κ1) is 11.6. The number of nitrogens with zero attached hydrogens (tertiary/aromatic N) is 1. The highest BCUT2D eigenvalue weighted by molar-refractivity contribution is 5.14. The van der Waals surface area contributed by atoms with E-state index in [0.29, 0.717) is 0 Å². The zero-order chi connectivity index (χ0) is 11.4. The first-order valence-corrected chi connectivity index (χ1v) is 5.76. The van der Waals surface area contributed by atoms with Crippen LogP contribution in [0.4, 0.5) is 0 Å². The molecule has 0 amide bonds. The van der Waals surface area contributed by atoms with Crippen LogP contribution in [0.1, 0.15) is 12.0 Å². The number of ether oxygens (including phenoxy) is 1. The molecule has 0 spiro atoms. The van der Waals surface area contributed by atoms with E-state index in [-0.39, 0.29) is 12.2 Å². The molecule has 1 fully saturated rings. The Morgan fingerprint density at radius 3 is 2.81 bits per heavy atom. The maximum absolute atomic E-state index is 9.70. The molecule has 88 valence electrons. The van der Waals surface area contributed by atoms with E-state index in [0.717, 1.165) is 26.1 Å². The number of benzene rings is 1. The van der Waals surface area contributed by atoms with Crippen LogP contribution in [0.25, 0.3) is 0 Å². The number of aliphatic hydroxyl groups is 1. The van der Waals surface area contributed by atoms with Crippen LogP contribution in [-0.4, -0.2) is 42.4 Å². The van der Waals surface area contributed by atoms with Crippen LogP contribution in [-0.2, 0) is 11.3 Å². The van der Waals surface area contributed by atoms with Crippen molar-refractivity contribution < 1.29 is 9.84 Å². The average Bonchev–Trinajstić information content (AvgIpc) is 2.33. The van der Waals surface area contributed by atoms with Crippen molar-refractivity contribution in [1.29, 1.82) is 0 Å². The molecule has 0 saturated carbocycles. The van der Waals surface area contributed by atoms with E-state index in [1.54, 1.807) is 7.11 Å². The fourth-order valence-corrected chi connectivity index (χ4v) is 2.19. The zero-order valence-electron chi connectivity index (χ0n) is 9.67. The third-order valence-electron chi connectivity index (χ3n) is 3.16. The van der Waals surface area contributed by atoms with Gasteiger partial charge in [-0.2, -0.15) is 0 Å². The molecular formula is C13H19NO2. The second-order valence-electron chi connectivity index (χ2n) is 4.35. The van der Waals surface area contributed by atoms with E-state index < -0.39 is 0 Å². The molecule has 2 rings (SSSR count). The first-order valence-electron chi connectivity index (χ1n) is 5.76. The number of hydrogen-bond donors (Lipinski definition) is 1. The monoisotopic (exact) mass is 221 g/mol. The van der Waals surface area contributed by atoms with Crippen LogP contribution in [0, 0.1) is 0 Å². The van der Waals surface area contributed by atoms with Gasteiger partial charge < -0.3 is 9.84 Å². The molecule has 1 aliphatic heterocycles. The molecule has 0 radical (unpaired) electrons. The molecule has 1 aliphatic rings. The fourth-order valence-electron chi connectivity index (χ4n) is 2.19. The van der Waals surface area contributed by atoms with Crippen LogP contribution >= 0.6 is 0 Å². The molecule has 0 unspecified atom stereocenters. The van der Waals surface area contributed by atoms with Crippen molar-refractivity contribution in [3.8, 4) is 0 Å². The van der Waals surface area contributed by atoms with Gasteiger partial charge in [-0.15, -0.1) is 0 Å². The third kappa shape index (κ3) is 2.82. The molecule has 1 aromatic rings. The van der Waals surface area contributed by atoms with E-state index >= 15 is 0 Å². The topological polar surface area (TPSA) is 32.7 Å². The van der Waals surface area contributed by atoms with Gasteiger partial charge in [-0.3, -0.25) is 4.90 Å². The fraction of sp³-hybridized carbons (Fsp3) is 0.538. The highest BCUT2D eigenvalue weighted by Crippen LogP contribution is 2.15. The highest BCUT2D eigenvalue weighted by Gasteiger charge is 2.27. The van der Waals surface area contributed by atoms with Crippen molar-refractivity contribution in [1.82, 2.24) is 4.90 Å². The summed E-state index contributed by atoms with van der Waals surface area (Å²) in [6, 6.07) is 10.4. The Morgan fingerprint density at radius 1 is 1.38 bits per heavy atom. The van der Waals surface area contributed by atoms with Crippen LogP contribution in [0.2, 0.25) is 0 Å². The molecule has 1 heterocycles. The summed E-state index contributed by atoms with van der Waals surface area (Å²) in [5.74, 6) is 0. The standard InChI is InChI=1S/C13H19NO2/c1-16-13-10-14(8-7-12(13)15)9-11-5-3-2-4-6-11/h2-6,12-13,15H,7-10H2,1H3/t12-,13-/m0/s1. The summed E-state index contributed by atoms with van der Waals surface area (Å²) in [5.41, 5.74) is 1.31. The molecule has 0 bridgehead atoms. The van der Waals surface area contributed by atoms with Gasteiger partial charge in [0.15, 0.2) is 0 Å². The summed E-state index contributed by atoms with van der Waals surface area (Å²) < 4.78 is 5.28. The minimum absolute atomic E-state index is 0.0440. The molecular weight excluding hydrogens is 202 g/mol. The first-order chi connectivity index (χ1) is 7.79. The van der Waals surface area contributed by atoms with E-state index in [9.17, 15) is 5.11 Å². The Balaban J connectivity index is 1.92. The number of rotatable bonds is 3.